The van der Waals surface area contributed by atoms with Crippen molar-refractivity contribution in [2.24, 2.45) is 0 Å². The first-order chi connectivity index (χ1) is 15.6. The van der Waals surface area contributed by atoms with E-state index < -0.39 is 10.0 Å². The molecule has 0 amide bonds. The minimum atomic E-state index is -3.53. The van der Waals surface area contributed by atoms with Gasteiger partial charge in [0.15, 0.2) is 5.15 Å². The molecule has 12 heteroatoms. The maximum absolute atomic E-state index is 11.7. The number of benzene rings is 1. The van der Waals surface area contributed by atoms with Gasteiger partial charge in [0.1, 0.15) is 29.5 Å². The molecule has 1 aromatic carbocycles. The average molecular weight is 484 g/mol. The predicted octanol–water partition coefficient (Wildman–Crippen LogP) is 3.20. The van der Waals surface area contributed by atoms with Crippen LogP contribution >= 0.6 is 11.6 Å². The molecule has 0 saturated heterocycles. The highest BCUT2D eigenvalue weighted by Crippen LogP contribution is 2.35. The molecule has 0 aliphatic carbocycles. The highest BCUT2D eigenvalue weighted by molar-refractivity contribution is 7.92. The molecular weight excluding hydrogens is 466 g/mol. The van der Waals surface area contributed by atoms with E-state index in [-0.39, 0.29) is 22.2 Å². The molecule has 0 spiro atoms. The van der Waals surface area contributed by atoms with E-state index in [0.717, 1.165) is 22.9 Å². The number of rotatable bonds is 4. The Kier molecular flexibility index (Phi) is 5.80. The number of nitrogen functional groups attached to an aromatic ring is 1. The van der Waals surface area contributed by atoms with E-state index in [4.69, 9.17) is 27.3 Å². The number of sulfonamides is 1. The molecule has 3 aromatic rings. The Labute approximate surface area is 195 Å². The zero-order chi connectivity index (χ0) is 23.8. The normalized spacial score (nSPS) is 13.0. The van der Waals surface area contributed by atoms with Gasteiger partial charge < -0.3 is 15.4 Å². The molecule has 0 bridgehead atoms. The average Bonchev–Trinajstić information content (AvgIpc) is 2.97. The van der Waals surface area contributed by atoms with Crippen molar-refractivity contribution >= 4 is 39.1 Å². The number of nitrogens with one attached hydrogen (secondary N) is 1. The van der Waals surface area contributed by atoms with Crippen LogP contribution in [0.4, 0.5) is 17.5 Å². The number of nitrogens with two attached hydrogens (primary N) is 1. The molecule has 10 nitrogen and oxygen atoms in total. The van der Waals surface area contributed by atoms with Crippen LogP contribution in [0.5, 0.6) is 5.75 Å². The molecule has 0 unspecified atom stereocenters. The number of fused-ring (bicyclic) bond motifs is 1. The number of aryl methyl sites for hydroxylation is 1. The Hall–Kier alpha value is -3.88. The number of anilines is 3. The first-order valence-electron chi connectivity index (χ1n) is 9.54. The number of nitrogens with zero attached hydrogens (tertiary/aromatic N) is 5. The molecule has 3 heterocycles. The smallest absolute Gasteiger partial charge is 0.231 e. The van der Waals surface area contributed by atoms with Gasteiger partial charge in [0.25, 0.3) is 0 Å². The largest absolute Gasteiger partial charge is 0.463 e. The molecule has 33 heavy (non-hydrogen) atoms. The quantitative estimate of drug-likeness (QED) is 0.533. The second-order valence-corrected chi connectivity index (χ2v) is 9.44. The van der Waals surface area contributed by atoms with Crippen molar-refractivity contribution in [3.8, 4) is 22.9 Å². The lowest BCUT2D eigenvalue weighted by Crippen LogP contribution is -2.18. The van der Waals surface area contributed by atoms with Crippen LogP contribution in [-0.2, 0) is 16.6 Å². The van der Waals surface area contributed by atoms with Crippen LogP contribution in [0.3, 0.4) is 0 Å². The lowest BCUT2D eigenvalue weighted by atomic mass is 9.99. The molecule has 3 N–H and O–H groups in total. The van der Waals surface area contributed by atoms with Crippen molar-refractivity contribution in [2.75, 3.05) is 21.6 Å². The summed E-state index contributed by atoms with van der Waals surface area (Å²) in [7, 11) is -3.53. The minimum Gasteiger partial charge on any atom is -0.463 e. The number of hydrogen-bond donors (Lipinski definition) is 2. The molecule has 1 aliphatic rings. The number of hydrogen-bond acceptors (Lipinski definition) is 9. The second-order valence-electron chi connectivity index (χ2n) is 7.33. The van der Waals surface area contributed by atoms with E-state index in [1.807, 2.05) is 25.1 Å². The van der Waals surface area contributed by atoms with E-state index in [1.165, 1.54) is 12.5 Å². The Morgan fingerprint density at radius 1 is 1.24 bits per heavy atom. The zero-order valence-corrected chi connectivity index (χ0v) is 19.1. The third-order valence-corrected chi connectivity index (χ3v) is 5.66. The monoisotopic (exact) mass is 483 g/mol. The summed E-state index contributed by atoms with van der Waals surface area (Å²) in [5, 5.41) is 9.10. The SMILES string of the molecule is Cc1cc(-c2cnc(Cl)c(NS(C)(=O)=O)c2)cc2c1OC=CN(c1ncc(C#N)c(N)n1)C2. The van der Waals surface area contributed by atoms with Crippen LogP contribution in [0.2, 0.25) is 5.15 Å². The van der Waals surface area contributed by atoms with Gasteiger partial charge in [-0.3, -0.25) is 4.72 Å². The first-order valence-corrected chi connectivity index (χ1v) is 11.8. The van der Waals surface area contributed by atoms with Crippen LogP contribution in [0, 0.1) is 18.3 Å². The van der Waals surface area contributed by atoms with E-state index in [1.54, 1.807) is 23.4 Å². The minimum absolute atomic E-state index is 0.0462. The van der Waals surface area contributed by atoms with Crippen LogP contribution in [0.1, 0.15) is 16.7 Å². The Bertz CT molecular complexity index is 1430. The maximum Gasteiger partial charge on any atom is 0.231 e. The summed E-state index contributed by atoms with van der Waals surface area (Å²) in [5.41, 5.74) is 9.37. The van der Waals surface area contributed by atoms with Gasteiger partial charge in [-0.2, -0.15) is 10.2 Å². The molecule has 1 aliphatic heterocycles. The fraction of sp³-hybridized carbons (Fsp3) is 0.143. The van der Waals surface area contributed by atoms with E-state index in [0.29, 0.717) is 23.8 Å². The highest BCUT2D eigenvalue weighted by Gasteiger charge is 2.19. The Balaban J connectivity index is 1.73. The molecule has 0 fully saturated rings. The van der Waals surface area contributed by atoms with Crippen LogP contribution in [0.25, 0.3) is 11.1 Å². The number of halogens is 1. The van der Waals surface area contributed by atoms with Crippen molar-refractivity contribution in [1.82, 2.24) is 15.0 Å². The van der Waals surface area contributed by atoms with Crippen LogP contribution in [0.15, 0.2) is 43.1 Å². The van der Waals surface area contributed by atoms with Crippen LogP contribution < -0.4 is 20.1 Å². The van der Waals surface area contributed by atoms with Gasteiger partial charge in [0, 0.05) is 23.5 Å². The summed E-state index contributed by atoms with van der Waals surface area (Å²) < 4.78 is 31.5. The molecule has 0 radical (unpaired) electrons. The van der Waals surface area contributed by atoms with Crippen molar-refractivity contribution in [1.29, 1.82) is 5.26 Å². The first kappa shape index (κ1) is 22.3. The van der Waals surface area contributed by atoms with Gasteiger partial charge in [-0.05, 0) is 36.2 Å². The molecule has 0 atom stereocenters. The van der Waals surface area contributed by atoms with Crippen molar-refractivity contribution in [3.05, 3.63) is 64.9 Å². The van der Waals surface area contributed by atoms with E-state index in [9.17, 15) is 8.42 Å². The van der Waals surface area contributed by atoms with Gasteiger partial charge in [-0.1, -0.05) is 11.6 Å². The highest BCUT2D eigenvalue weighted by atomic mass is 35.5. The molecular formula is C21H18ClN7O3S. The summed E-state index contributed by atoms with van der Waals surface area (Å²) in [6.07, 6.45) is 7.18. The molecule has 2 aromatic heterocycles. The van der Waals surface area contributed by atoms with Crippen molar-refractivity contribution < 1.29 is 13.2 Å². The van der Waals surface area contributed by atoms with E-state index in [2.05, 4.69) is 19.7 Å². The van der Waals surface area contributed by atoms with Crippen molar-refractivity contribution in [3.63, 3.8) is 0 Å². The second kappa shape index (κ2) is 8.57. The zero-order valence-electron chi connectivity index (χ0n) is 17.6. The Morgan fingerprint density at radius 2 is 2.03 bits per heavy atom. The fourth-order valence-electron chi connectivity index (χ4n) is 3.33. The molecule has 4 rings (SSSR count). The summed E-state index contributed by atoms with van der Waals surface area (Å²) in [5.74, 6) is 1.08. The topological polar surface area (TPSA) is 147 Å². The maximum atomic E-state index is 11.7. The predicted molar refractivity (Wildman–Crippen MR) is 125 cm³/mol. The number of pyridine rings is 1. The van der Waals surface area contributed by atoms with Gasteiger partial charge in [-0.25, -0.2) is 18.4 Å². The van der Waals surface area contributed by atoms with E-state index >= 15 is 0 Å². The number of ether oxygens (including phenoxy) is 1. The Morgan fingerprint density at radius 3 is 2.73 bits per heavy atom. The van der Waals surface area contributed by atoms with Gasteiger partial charge >= 0.3 is 0 Å². The summed E-state index contributed by atoms with van der Waals surface area (Å²) >= 11 is 6.06. The van der Waals surface area contributed by atoms with Crippen molar-refractivity contribution in [2.45, 2.75) is 13.5 Å². The third-order valence-electron chi connectivity index (χ3n) is 4.77. The van der Waals surface area contributed by atoms with Gasteiger partial charge in [-0.15, -0.1) is 0 Å². The van der Waals surface area contributed by atoms with Crippen LogP contribution in [-0.4, -0.2) is 29.6 Å². The molecule has 0 saturated carbocycles. The summed E-state index contributed by atoms with van der Waals surface area (Å²) in [6.45, 7) is 2.27. The van der Waals surface area contributed by atoms with Gasteiger partial charge in [0.05, 0.1) is 24.7 Å². The lowest BCUT2D eigenvalue weighted by Gasteiger charge is -2.18. The van der Waals surface area contributed by atoms with Gasteiger partial charge in [0.2, 0.25) is 16.0 Å². The number of aromatic nitrogens is 3. The standard InChI is InChI=1S/C21H18ClN7O3S/c1-12-5-13(14-7-17(19(22)25-9-14)28-33(2,30)31)6-15-11-29(3-4-32-18(12)15)21-26-10-16(8-23)20(24)27-21/h3-7,9-10,28H,11H2,1-2H3,(H2,24,26,27). The fourth-order valence-corrected chi connectivity index (χ4v) is 4.09. The summed E-state index contributed by atoms with van der Waals surface area (Å²) in [6, 6.07) is 7.38. The third kappa shape index (κ3) is 4.82. The summed E-state index contributed by atoms with van der Waals surface area (Å²) in [4.78, 5) is 14.3. The lowest BCUT2D eigenvalue weighted by molar-refractivity contribution is 0.476. The molecule has 168 valence electrons. The number of nitriles is 1.